The van der Waals surface area contributed by atoms with E-state index in [0.29, 0.717) is 11.1 Å². The number of aryl methyl sites for hydroxylation is 1. The van der Waals surface area contributed by atoms with Crippen LogP contribution in [0.1, 0.15) is 21.5 Å². The molecule has 1 heterocycles. The Kier molecular flexibility index (Phi) is 3.94. The third kappa shape index (κ3) is 2.75. The van der Waals surface area contributed by atoms with Crippen LogP contribution in [0.25, 0.3) is 0 Å². The third-order valence-electron chi connectivity index (χ3n) is 2.97. The first-order valence-corrected chi connectivity index (χ1v) is 6.66. The van der Waals surface area contributed by atoms with E-state index in [2.05, 4.69) is 15.9 Å². The molecule has 2 aromatic rings. The maximum Gasteiger partial charge on any atom is 0.338 e. The smallest absolute Gasteiger partial charge is 0.338 e. The number of aromatic nitrogens is 1. The van der Waals surface area contributed by atoms with Gasteiger partial charge in [0.1, 0.15) is 0 Å². The number of anilines is 1. The summed E-state index contributed by atoms with van der Waals surface area (Å²) in [5.74, 6) is -1.10. The van der Waals surface area contributed by atoms with Crippen molar-refractivity contribution in [3.05, 3.63) is 62.0 Å². The standard InChI is InChI=1S/C14H13BrN2O3/c1-8-5-10(15)7-17(13(8)18)6-9-3-2-4-11(16)12(9)14(19)20/h2-5,7H,6,16H2,1H3,(H,19,20). The average Bonchev–Trinajstić information content (AvgIpc) is 2.35. The molecule has 0 fully saturated rings. The van der Waals surface area contributed by atoms with Crippen molar-refractivity contribution in [3.8, 4) is 0 Å². The predicted octanol–water partition coefficient (Wildman–Crippen LogP) is 2.25. The van der Waals surface area contributed by atoms with Gasteiger partial charge in [0.25, 0.3) is 5.56 Å². The molecule has 0 atom stereocenters. The van der Waals surface area contributed by atoms with Crippen LogP contribution in [0.2, 0.25) is 0 Å². The SMILES string of the molecule is Cc1cc(Br)cn(Cc2cccc(N)c2C(=O)O)c1=O. The Hall–Kier alpha value is -2.08. The molecular weight excluding hydrogens is 324 g/mol. The lowest BCUT2D eigenvalue weighted by Crippen LogP contribution is -2.23. The maximum absolute atomic E-state index is 12.1. The van der Waals surface area contributed by atoms with Gasteiger partial charge in [-0.25, -0.2) is 4.79 Å². The minimum atomic E-state index is -1.10. The number of nitrogens with zero attached hydrogens (tertiary/aromatic N) is 1. The Bertz CT molecular complexity index is 738. The van der Waals surface area contributed by atoms with Crippen molar-refractivity contribution in [2.45, 2.75) is 13.5 Å². The molecule has 2 rings (SSSR count). The summed E-state index contributed by atoms with van der Waals surface area (Å²) in [6, 6.07) is 6.58. The lowest BCUT2D eigenvalue weighted by Gasteiger charge is -2.11. The summed E-state index contributed by atoms with van der Waals surface area (Å²) in [7, 11) is 0. The Balaban J connectivity index is 2.54. The van der Waals surface area contributed by atoms with Crippen LogP contribution in [0, 0.1) is 6.92 Å². The number of benzene rings is 1. The van der Waals surface area contributed by atoms with Crippen molar-refractivity contribution in [2.75, 3.05) is 5.73 Å². The second-order valence-corrected chi connectivity index (χ2v) is 5.38. The molecule has 0 saturated heterocycles. The van der Waals surface area contributed by atoms with E-state index < -0.39 is 5.97 Å². The summed E-state index contributed by atoms with van der Waals surface area (Å²) >= 11 is 3.32. The Morgan fingerprint density at radius 3 is 2.80 bits per heavy atom. The van der Waals surface area contributed by atoms with Gasteiger partial charge >= 0.3 is 5.97 Å². The first kappa shape index (κ1) is 14.3. The van der Waals surface area contributed by atoms with Crippen molar-refractivity contribution in [2.24, 2.45) is 0 Å². The monoisotopic (exact) mass is 336 g/mol. The number of pyridine rings is 1. The van der Waals surface area contributed by atoms with Crippen molar-refractivity contribution in [1.29, 1.82) is 0 Å². The van der Waals surface area contributed by atoms with Gasteiger partial charge in [-0.15, -0.1) is 0 Å². The lowest BCUT2D eigenvalue weighted by molar-refractivity contribution is 0.0696. The molecule has 0 unspecified atom stereocenters. The van der Waals surface area contributed by atoms with Crippen LogP contribution in [-0.2, 0) is 6.54 Å². The highest BCUT2D eigenvalue weighted by Crippen LogP contribution is 2.18. The lowest BCUT2D eigenvalue weighted by atomic mass is 10.1. The van der Waals surface area contributed by atoms with Crippen LogP contribution >= 0.6 is 15.9 Å². The van der Waals surface area contributed by atoms with Crippen LogP contribution in [0.3, 0.4) is 0 Å². The molecule has 1 aromatic heterocycles. The second-order valence-electron chi connectivity index (χ2n) is 4.46. The van der Waals surface area contributed by atoms with E-state index >= 15 is 0 Å². The van der Waals surface area contributed by atoms with E-state index in [9.17, 15) is 14.7 Å². The topological polar surface area (TPSA) is 85.3 Å². The predicted molar refractivity (Wildman–Crippen MR) is 80.1 cm³/mol. The molecule has 0 amide bonds. The van der Waals surface area contributed by atoms with Crippen LogP contribution in [0.4, 0.5) is 5.69 Å². The van der Waals surface area contributed by atoms with Crippen molar-refractivity contribution in [3.63, 3.8) is 0 Å². The molecule has 0 spiro atoms. The van der Waals surface area contributed by atoms with E-state index in [4.69, 9.17) is 5.73 Å². The summed E-state index contributed by atoms with van der Waals surface area (Å²) in [4.78, 5) is 23.3. The molecule has 104 valence electrons. The Labute approximate surface area is 123 Å². The number of carbonyl (C=O) groups is 1. The Morgan fingerprint density at radius 2 is 2.15 bits per heavy atom. The molecular formula is C14H13BrN2O3. The molecule has 0 radical (unpaired) electrons. The van der Waals surface area contributed by atoms with E-state index in [1.807, 2.05) is 0 Å². The molecule has 1 aromatic carbocycles. The van der Waals surface area contributed by atoms with Crippen molar-refractivity contribution < 1.29 is 9.90 Å². The van der Waals surface area contributed by atoms with E-state index in [-0.39, 0.29) is 23.4 Å². The fourth-order valence-corrected chi connectivity index (χ4v) is 2.64. The summed E-state index contributed by atoms with van der Waals surface area (Å²) in [5.41, 5.74) is 6.85. The van der Waals surface area contributed by atoms with Gasteiger partial charge in [-0.1, -0.05) is 12.1 Å². The molecule has 0 bridgehead atoms. The molecule has 0 aliphatic carbocycles. The first-order chi connectivity index (χ1) is 9.40. The van der Waals surface area contributed by atoms with Gasteiger partial charge in [-0.05, 0) is 40.5 Å². The molecule has 3 N–H and O–H groups in total. The van der Waals surface area contributed by atoms with Gasteiger partial charge < -0.3 is 15.4 Å². The number of hydrogen-bond donors (Lipinski definition) is 2. The van der Waals surface area contributed by atoms with E-state index in [1.54, 1.807) is 31.3 Å². The van der Waals surface area contributed by atoms with Gasteiger partial charge in [-0.2, -0.15) is 0 Å². The van der Waals surface area contributed by atoms with E-state index in [0.717, 1.165) is 4.47 Å². The zero-order valence-electron chi connectivity index (χ0n) is 10.8. The Morgan fingerprint density at radius 1 is 1.45 bits per heavy atom. The largest absolute Gasteiger partial charge is 0.478 e. The highest BCUT2D eigenvalue weighted by atomic mass is 79.9. The van der Waals surface area contributed by atoms with Crippen molar-refractivity contribution in [1.82, 2.24) is 4.57 Å². The molecule has 0 aliphatic rings. The zero-order chi connectivity index (χ0) is 14.9. The number of nitrogens with two attached hydrogens (primary N) is 1. The van der Waals surface area contributed by atoms with Gasteiger partial charge in [0, 0.05) is 21.9 Å². The van der Waals surface area contributed by atoms with Gasteiger partial charge in [0.15, 0.2) is 0 Å². The number of carboxylic acids is 1. The molecule has 0 saturated carbocycles. The van der Waals surface area contributed by atoms with Crippen LogP contribution in [0.5, 0.6) is 0 Å². The number of carboxylic acid groups (broad SMARTS) is 1. The average molecular weight is 337 g/mol. The minimum absolute atomic E-state index is 0.0389. The second kappa shape index (κ2) is 5.50. The third-order valence-corrected chi connectivity index (χ3v) is 3.40. The highest BCUT2D eigenvalue weighted by Gasteiger charge is 2.14. The molecule has 5 nitrogen and oxygen atoms in total. The van der Waals surface area contributed by atoms with E-state index in [1.165, 1.54) is 10.6 Å². The normalized spacial score (nSPS) is 10.5. The first-order valence-electron chi connectivity index (χ1n) is 5.87. The zero-order valence-corrected chi connectivity index (χ0v) is 12.3. The minimum Gasteiger partial charge on any atom is -0.478 e. The number of halogens is 1. The summed E-state index contributed by atoms with van der Waals surface area (Å²) < 4.78 is 2.22. The fourth-order valence-electron chi connectivity index (χ4n) is 2.05. The molecule has 0 aliphatic heterocycles. The van der Waals surface area contributed by atoms with Crippen LogP contribution in [0.15, 0.2) is 39.7 Å². The number of rotatable bonds is 3. The van der Waals surface area contributed by atoms with Crippen LogP contribution in [-0.4, -0.2) is 15.6 Å². The fraction of sp³-hybridized carbons (Fsp3) is 0.143. The number of nitrogen functional groups attached to an aromatic ring is 1. The summed E-state index contributed by atoms with van der Waals surface area (Å²) in [5, 5.41) is 9.23. The van der Waals surface area contributed by atoms with Crippen LogP contribution < -0.4 is 11.3 Å². The van der Waals surface area contributed by atoms with Gasteiger partial charge in [0.2, 0.25) is 0 Å². The highest BCUT2D eigenvalue weighted by molar-refractivity contribution is 9.10. The summed E-state index contributed by atoms with van der Waals surface area (Å²) in [6.45, 7) is 1.87. The number of aromatic carboxylic acids is 1. The summed E-state index contributed by atoms with van der Waals surface area (Å²) in [6.07, 6.45) is 1.63. The maximum atomic E-state index is 12.1. The number of hydrogen-bond acceptors (Lipinski definition) is 3. The van der Waals surface area contributed by atoms with Gasteiger partial charge in [0.05, 0.1) is 12.1 Å². The quantitative estimate of drug-likeness (QED) is 0.841. The van der Waals surface area contributed by atoms with Crippen molar-refractivity contribution >= 4 is 27.6 Å². The molecule has 20 heavy (non-hydrogen) atoms. The van der Waals surface area contributed by atoms with Gasteiger partial charge in [-0.3, -0.25) is 4.79 Å². The molecule has 6 heteroatoms.